The first-order valence-corrected chi connectivity index (χ1v) is 10.8. The van der Waals surface area contributed by atoms with Crippen molar-refractivity contribution in [3.8, 4) is 5.69 Å². The standard InChI is InChI=1S/C21H19BrFN5O5/c1-3-31-20(29)19(21(30)32-4-2)33-10-16-13-6-5-12(9-15(13)24-25-16)28-17-8-11(22)7-14(23)18(17)26-27-28/h5-9,19H,3-4,10H2,1-2H3,(H,24,25). The second-order valence-electron chi connectivity index (χ2n) is 6.85. The average molecular weight is 520 g/mol. The van der Waals surface area contributed by atoms with Crippen molar-refractivity contribution in [2.45, 2.75) is 26.6 Å². The molecule has 4 aromatic rings. The number of ether oxygens (including phenoxy) is 3. The van der Waals surface area contributed by atoms with E-state index in [1.807, 2.05) is 0 Å². The van der Waals surface area contributed by atoms with Crippen molar-refractivity contribution < 1.29 is 28.2 Å². The van der Waals surface area contributed by atoms with Gasteiger partial charge in [0.25, 0.3) is 6.10 Å². The number of benzene rings is 2. The maximum absolute atomic E-state index is 14.2. The Morgan fingerprint density at radius 3 is 2.58 bits per heavy atom. The van der Waals surface area contributed by atoms with Gasteiger partial charge in [-0.1, -0.05) is 21.1 Å². The topological polar surface area (TPSA) is 121 Å². The van der Waals surface area contributed by atoms with E-state index in [0.717, 1.165) is 0 Å². The molecule has 33 heavy (non-hydrogen) atoms. The molecule has 10 nitrogen and oxygen atoms in total. The fourth-order valence-corrected chi connectivity index (χ4v) is 3.70. The Morgan fingerprint density at radius 2 is 1.88 bits per heavy atom. The summed E-state index contributed by atoms with van der Waals surface area (Å²) in [5.41, 5.74) is 2.41. The van der Waals surface area contributed by atoms with Gasteiger partial charge in [-0.05, 0) is 44.2 Å². The lowest BCUT2D eigenvalue weighted by atomic mass is 10.2. The largest absolute Gasteiger partial charge is 0.464 e. The highest BCUT2D eigenvalue weighted by molar-refractivity contribution is 9.10. The maximum Gasteiger partial charge on any atom is 0.347 e. The number of fused-ring (bicyclic) bond motifs is 2. The van der Waals surface area contributed by atoms with Crippen LogP contribution in [-0.2, 0) is 30.4 Å². The molecule has 1 N–H and O–H groups in total. The summed E-state index contributed by atoms with van der Waals surface area (Å²) in [6.45, 7) is 3.33. The number of esters is 2. The molecule has 0 amide bonds. The fraction of sp³-hybridized carbons (Fsp3) is 0.286. The van der Waals surface area contributed by atoms with Gasteiger partial charge in [0.2, 0.25) is 0 Å². The molecule has 0 unspecified atom stereocenters. The quantitative estimate of drug-likeness (QED) is 0.278. The highest BCUT2D eigenvalue weighted by Gasteiger charge is 2.31. The Hall–Kier alpha value is -3.38. The minimum absolute atomic E-state index is 0.101. The van der Waals surface area contributed by atoms with Crippen LogP contribution in [0.1, 0.15) is 19.5 Å². The summed E-state index contributed by atoms with van der Waals surface area (Å²) in [5.74, 6) is -2.13. The van der Waals surface area contributed by atoms with E-state index < -0.39 is 23.9 Å². The molecule has 12 heteroatoms. The van der Waals surface area contributed by atoms with Crippen molar-refractivity contribution in [1.82, 2.24) is 25.2 Å². The minimum atomic E-state index is -1.51. The summed E-state index contributed by atoms with van der Waals surface area (Å²) in [7, 11) is 0. The Bertz CT molecular complexity index is 1320. The lowest BCUT2D eigenvalue weighted by molar-refractivity contribution is -0.174. The van der Waals surface area contributed by atoms with Gasteiger partial charge in [0.05, 0.1) is 42.2 Å². The highest BCUT2D eigenvalue weighted by Crippen LogP contribution is 2.26. The Kier molecular flexibility index (Phi) is 6.65. The second-order valence-corrected chi connectivity index (χ2v) is 7.77. The molecule has 172 valence electrons. The second kappa shape index (κ2) is 9.63. The maximum atomic E-state index is 14.2. The molecule has 0 radical (unpaired) electrons. The van der Waals surface area contributed by atoms with Crippen molar-refractivity contribution in [2.75, 3.05) is 13.2 Å². The van der Waals surface area contributed by atoms with E-state index in [-0.39, 0.29) is 25.3 Å². The zero-order valence-electron chi connectivity index (χ0n) is 17.7. The number of rotatable bonds is 8. The lowest BCUT2D eigenvalue weighted by Gasteiger charge is -2.14. The molecule has 4 rings (SSSR count). The number of aromatic nitrogens is 5. The molecule has 0 fully saturated rings. The van der Waals surface area contributed by atoms with Gasteiger partial charge in [0.15, 0.2) is 5.82 Å². The number of H-pyrrole nitrogens is 1. The monoisotopic (exact) mass is 519 g/mol. The van der Waals surface area contributed by atoms with Crippen molar-refractivity contribution >= 4 is 49.8 Å². The summed E-state index contributed by atoms with van der Waals surface area (Å²) >= 11 is 3.28. The Labute approximate surface area is 195 Å². The summed E-state index contributed by atoms with van der Waals surface area (Å²) in [4.78, 5) is 24.2. The van der Waals surface area contributed by atoms with Gasteiger partial charge in [-0.2, -0.15) is 5.10 Å². The molecule has 0 saturated carbocycles. The third kappa shape index (κ3) is 4.57. The number of carbonyl (C=O) groups is 2. The average Bonchev–Trinajstić information content (AvgIpc) is 3.38. The van der Waals surface area contributed by atoms with Crippen LogP contribution in [0.2, 0.25) is 0 Å². The van der Waals surface area contributed by atoms with Crippen molar-refractivity contribution in [1.29, 1.82) is 0 Å². The number of carbonyl (C=O) groups excluding carboxylic acids is 2. The molecule has 0 saturated heterocycles. The molecule has 2 aromatic heterocycles. The fourth-order valence-electron chi connectivity index (χ4n) is 3.28. The molecule has 0 atom stereocenters. The Morgan fingerprint density at radius 1 is 1.15 bits per heavy atom. The van der Waals surface area contributed by atoms with Gasteiger partial charge in [-0.25, -0.2) is 18.7 Å². The summed E-state index contributed by atoms with van der Waals surface area (Å²) in [5, 5.41) is 15.8. The summed E-state index contributed by atoms with van der Waals surface area (Å²) in [6.07, 6.45) is -1.51. The van der Waals surface area contributed by atoms with E-state index >= 15 is 0 Å². The van der Waals surface area contributed by atoms with Crippen molar-refractivity contribution in [3.05, 3.63) is 46.3 Å². The molecular weight excluding hydrogens is 501 g/mol. The van der Waals surface area contributed by atoms with Gasteiger partial charge < -0.3 is 14.2 Å². The van der Waals surface area contributed by atoms with E-state index in [4.69, 9.17) is 14.2 Å². The number of nitrogens with one attached hydrogen (secondary N) is 1. The zero-order chi connectivity index (χ0) is 23.5. The molecule has 2 heterocycles. The van der Waals surface area contributed by atoms with E-state index in [9.17, 15) is 14.0 Å². The van der Waals surface area contributed by atoms with Gasteiger partial charge in [0, 0.05) is 9.86 Å². The molecular formula is C21H19BrFN5O5. The van der Waals surface area contributed by atoms with Crippen LogP contribution in [0.3, 0.4) is 0 Å². The van der Waals surface area contributed by atoms with Crippen molar-refractivity contribution in [3.63, 3.8) is 0 Å². The van der Waals surface area contributed by atoms with Gasteiger partial charge >= 0.3 is 11.9 Å². The SMILES string of the molecule is CCOC(=O)C(OCc1n[nH]c2cc(-n3nnc4c(F)cc(Br)cc43)ccc12)C(=O)OCC. The van der Waals surface area contributed by atoms with Gasteiger partial charge in [-0.15, -0.1) is 5.10 Å². The van der Waals surface area contributed by atoms with Gasteiger partial charge in [0.1, 0.15) is 5.52 Å². The number of nitrogens with zero attached hydrogens (tertiary/aromatic N) is 4. The number of hydrogen-bond acceptors (Lipinski definition) is 8. The minimum Gasteiger partial charge on any atom is -0.464 e. The normalized spacial score (nSPS) is 11.4. The van der Waals surface area contributed by atoms with Crippen LogP contribution in [0.4, 0.5) is 4.39 Å². The van der Waals surface area contributed by atoms with E-state index in [2.05, 4.69) is 36.4 Å². The lowest BCUT2D eigenvalue weighted by Crippen LogP contribution is -2.36. The van der Waals surface area contributed by atoms with Crippen LogP contribution in [0.15, 0.2) is 34.8 Å². The third-order valence-corrected chi connectivity index (χ3v) is 5.19. The van der Waals surface area contributed by atoms with E-state index in [0.29, 0.717) is 32.3 Å². The highest BCUT2D eigenvalue weighted by atomic mass is 79.9. The molecule has 0 aliphatic rings. The van der Waals surface area contributed by atoms with Crippen LogP contribution in [0, 0.1) is 5.82 Å². The molecule has 0 aliphatic heterocycles. The van der Waals surface area contributed by atoms with Gasteiger partial charge in [-0.3, -0.25) is 5.10 Å². The molecule has 2 aromatic carbocycles. The molecule has 0 aliphatic carbocycles. The summed E-state index contributed by atoms with van der Waals surface area (Å²) in [6, 6.07) is 8.36. The van der Waals surface area contributed by atoms with Crippen molar-refractivity contribution in [2.24, 2.45) is 0 Å². The predicted octanol–water partition coefficient (Wildman–Crippen LogP) is 3.21. The number of hydrogen-bond donors (Lipinski definition) is 1. The first kappa shape index (κ1) is 22.8. The van der Waals surface area contributed by atoms with E-state index in [1.165, 1.54) is 10.7 Å². The first-order chi connectivity index (χ1) is 15.9. The summed E-state index contributed by atoms with van der Waals surface area (Å²) < 4.78 is 31.5. The third-order valence-electron chi connectivity index (χ3n) is 4.73. The van der Waals surface area contributed by atoms with Crippen LogP contribution < -0.4 is 0 Å². The molecule has 0 spiro atoms. The molecule has 0 bridgehead atoms. The van der Waals surface area contributed by atoms with Crippen LogP contribution in [0.5, 0.6) is 0 Å². The predicted molar refractivity (Wildman–Crippen MR) is 118 cm³/mol. The van der Waals surface area contributed by atoms with Crippen LogP contribution in [0.25, 0.3) is 27.6 Å². The van der Waals surface area contributed by atoms with Crippen LogP contribution in [-0.4, -0.2) is 56.4 Å². The Balaban J connectivity index is 1.60. The number of aromatic amines is 1. The van der Waals surface area contributed by atoms with E-state index in [1.54, 1.807) is 38.1 Å². The number of halogens is 2. The van der Waals surface area contributed by atoms with Crippen LogP contribution >= 0.6 is 15.9 Å². The first-order valence-electron chi connectivity index (χ1n) is 10.1. The zero-order valence-corrected chi connectivity index (χ0v) is 19.3. The smallest absolute Gasteiger partial charge is 0.347 e.